The van der Waals surface area contributed by atoms with E-state index in [4.69, 9.17) is 17.0 Å². The van der Waals surface area contributed by atoms with Gasteiger partial charge in [0.2, 0.25) is 0 Å². The molecule has 0 unspecified atom stereocenters. The molecule has 0 aromatic heterocycles. The predicted octanol–water partition coefficient (Wildman–Crippen LogP) is 6.22. The molecule has 0 saturated heterocycles. The molecule has 0 heterocycles. The second kappa shape index (κ2) is 7.50. The van der Waals surface area contributed by atoms with Gasteiger partial charge in [-0.2, -0.15) is 6.07 Å². The Morgan fingerprint density at radius 1 is 0.950 bits per heavy atom. The molecule has 0 N–H and O–H groups in total. The van der Waals surface area contributed by atoms with Crippen molar-refractivity contribution >= 4 is 27.8 Å². The first kappa shape index (κ1) is 15.9. The van der Waals surface area contributed by atoms with Crippen LogP contribution in [0.15, 0.2) is 54.6 Å². The van der Waals surface area contributed by atoms with E-state index in [1.54, 1.807) is 0 Å². The summed E-state index contributed by atoms with van der Waals surface area (Å²) in [5, 5.41) is 2.69. The first-order chi connectivity index (χ1) is 9.65. The Labute approximate surface area is 138 Å². The van der Waals surface area contributed by atoms with E-state index in [1.165, 1.54) is 33.0 Å². The van der Waals surface area contributed by atoms with Gasteiger partial charge < -0.3 is 0 Å². The van der Waals surface area contributed by atoms with E-state index in [0.717, 1.165) is 0 Å². The third-order valence-electron chi connectivity index (χ3n) is 3.22. The van der Waals surface area contributed by atoms with Crippen LogP contribution in [0.3, 0.4) is 0 Å². The standard InChI is InChI=1S/C17H15.2ClH.Zr/c1-12-5-3-6-14(9-12)16-8-4-7-15-10-13(2)11-17(15)16;;;/h3-11H,1-2H3;2*1H;/q-1;;;+2/p-2. The fraction of sp³-hybridized carbons (Fsp3) is 0.118. The Bertz CT molecular complexity index is 701. The summed E-state index contributed by atoms with van der Waals surface area (Å²) in [5.41, 5.74) is 5.28. The Hall–Kier alpha value is -0.487. The molecule has 0 nitrogen and oxygen atoms in total. The molecule has 3 aromatic carbocycles. The molecule has 0 atom stereocenters. The summed E-state index contributed by atoms with van der Waals surface area (Å²) >= 11 is -0.826. The monoisotopic (exact) mass is 379 g/mol. The molecule has 0 spiro atoms. The Morgan fingerprint density at radius 2 is 1.65 bits per heavy atom. The van der Waals surface area contributed by atoms with Crippen LogP contribution in [0.5, 0.6) is 0 Å². The van der Waals surface area contributed by atoms with Crippen LogP contribution in [0.1, 0.15) is 11.1 Å². The third kappa shape index (κ3) is 3.79. The maximum atomic E-state index is 4.93. The van der Waals surface area contributed by atoms with Gasteiger partial charge in [0.15, 0.2) is 0 Å². The van der Waals surface area contributed by atoms with Crippen LogP contribution in [0.4, 0.5) is 0 Å². The Morgan fingerprint density at radius 3 is 2.35 bits per heavy atom. The second-order valence-corrected chi connectivity index (χ2v) is 8.51. The van der Waals surface area contributed by atoms with Gasteiger partial charge in [0, 0.05) is 0 Å². The van der Waals surface area contributed by atoms with E-state index >= 15 is 0 Å². The molecule has 0 aliphatic heterocycles. The maximum absolute atomic E-state index is 4.93. The molecule has 0 saturated carbocycles. The van der Waals surface area contributed by atoms with Crippen LogP contribution in [0.2, 0.25) is 0 Å². The first-order valence-corrected chi connectivity index (χ1v) is 12.7. The molecular formula is C17H15Cl2Zr-. The van der Waals surface area contributed by atoms with Gasteiger partial charge in [-0.25, -0.2) is 0 Å². The van der Waals surface area contributed by atoms with Gasteiger partial charge in [-0.3, -0.25) is 0 Å². The third-order valence-corrected chi connectivity index (χ3v) is 3.22. The predicted molar refractivity (Wildman–Crippen MR) is 86.2 cm³/mol. The van der Waals surface area contributed by atoms with E-state index in [2.05, 4.69) is 68.4 Å². The fourth-order valence-electron chi connectivity index (χ4n) is 2.45. The molecular weight excluding hydrogens is 366 g/mol. The summed E-state index contributed by atoms with van der Waals surface area (Å²) in [7, 11) is 9.87. The van der Waals surface area contributed by atoms with Gasteiger partial charge in [0.05, 0.1) is 0 Å². The fourth-order valence-corrected chi connectivity index (χ4v) is 2.45. The zero-order valence-electron chi connectivity index (χ0n) is 11.5. The van der Waals surface area contributed by atoms with Crippen LogP contribution in [0, 0.1) is 13.8 Å². The molecule has 0 amide bonds. The van der Waals surface area contributed by atoms with Crippen molar-refractivity contribution in [3.05, 3.63) is 65.7 Å². The van der Waals surface area contributed by atoms with Crippen LogP contribution >= 0.6 is 17.0 Å². The normalized spacial score (nSPS) is 10.0. The molecule has 20 heavy (non-hydrogen) atoms. The topological polar surface area (TPSA) is 0 Å². The number of hydrogen-bond acceptors (Lipinski definition) is 0. The van der Waals surface area contributed by atoms with Crippen molar-refractivity contribution in [3.8, 4) is 11.1 Å². The number of halogens is 2. The molecule has 3 aromatic rings. The number of aryl methyl sites for hydroxylation is 2. The van der Waals surface area contributed by atoms with Crippen molar-refractivity contribution in [1.29, 1.82) is 0 Å². The average Bonchev–Trinajstić information content (AvgIpc) is 2.79. The molecule has 0 aliphatic rings. The van der Waals surface area contributed by atoms with Crippen molar-refractivity contribution in [2.75, 3.05) is 0 Å². The molecule has 3 heteroatoms. The summed E-state index contributed by atoms with van der Waals surface area (Å²) in [5.74, 6) is 0. The van der Waals surface area contributed by atoms with E-state index in [-0.39, 0.29) is 0 Å². The van der Waals surface area contributed by atoms with E-state index in [1.807, 2.05) is 0 Å². The van der Waals surface area contributed by atoms with Gasteiger partial charge in [-0.1, -0.05) is 48.4 Å². The summed E-state index contributed by atoms with van der Waals surface area (Å²) in [6.07, 6.45) is 0. The Kier molecular flexibility index (Phi) is 5.96. The van der Waals surface area contributed by atoms with Gasteiger partial charge >= 0.3 is 37.9 Å². The van der Waals surface area contributed by atoms with E-state index in [9.17, 15) is 0 Å². The zero-order chi connectivity index (χ0) is 14.5. The van der Waals surface area contributed by atoms with Crippen molar-refractivity contribution < 1.29 is 20.8 Å². The Balaban J connectivity index is 0.000000452. The van der Waals surface area contributed by atoms with Crippen LogP contribution in [-0.2, 0) is 20.8 Å². The van der Waals surface area contributed by atoms with Crippen molar-refractivity contribution in [2.45, 2.75) is 13.8 Å². The van der Waals surface area contributed by atoms with Gasteiger partial charge in [0.25, 0.3) is 0 Å². The van der Waals surface area contributed by atoms with Gasteiger partial charge in [0.1, 0.15) is 0 Å². The first-order valence-electron chi connectivity index (χ1n) is 6.35. The van der Waals surface area contributed by atoms with E-state index in [0.29, 0.717) is 0 Å². The SMILES string of the molecule is Cc1cccc(-c2cccc3[cH-]c(C)cc23)c1.[Cl][Zr][Cl]. The molecule has 102 valence electrons. The number of fused-ring (bicyclic) bond motifs is 1. The van der Waals surface area contributed by atoms with Crippen LogP contribution < -0.4 is 0 Å². The van der Waals surface area contributed by atoms with Crippen molar-refractivity contribution in [3.63, 3.8) is 0 Å². The van der Waals surface area contributed by atoms with Crippen molar-refractivity contribution in [2.24, 2.45) is 0 Å². The summed E-state index contributed by atoms with van der Waals surface area (Å²) < 4.78 is 0. The summed E-state index contributed by atoms with van der Waals surface area (Å²) in [6, 6.07) is 19.7. The molecule has 3 rings (SSSR count). The van der Waals surface area contributed by atoms with Crippen LogP contribution in [0.25, 0.3) is 21.9 Å². The van der Waals surface area contributed by atoms with Crippen LogP contribution in [-0.4, -0.2) is 0 Å². The molecule has 0 aliphatic carbocycles. The summed E-state index contributed by atoms with van der Waals surface area (Å²) in [4.78, 5) is 0. The number of rotatable bonds is 1. The zero-order valence-corrected chi connectivity index (χ0v) is 15.4. The second-order valence-electron chi connectivity index (χ2n) is 4.78. The minimum atomic E-state index is -0.826. The number of benzene rings is 2. The quantitative estimate of drug-likeness (QED) is 0.439. The average molecular weight is 381 g/mol. The van der Waals surface area contributed by atoms with Crippen molar-refractivity contribution in [1.82, 2.24) is 0 Å². The van der Waals surface area contributed by atoms with Gasteiger partial charge in [-0.05, 0) is 12.5 Å². The minimum absolute atomic E-state index is 0.826. The van der Waals surface area contributed by atoms with Gasteiger partial charge in [-0.15, -0.1) is 34.5 Å². The molecule has 0 radical (unpaired) electrons. The molecule has 0 bridgehead atoms. The number of hydrogen-bond donors (Lipinski definition) is 0. The summed E-state index contributed by atoms with van der Waals surface area (Å²) in [6.45, 7) is 4.29. The molecule has 0 fully saturated rings. The van der Waals surface area contributed by atoms with E-state index < -0.39 is 20.8 Å².